The van der Waals surface area contributed by atoms with Gasteiger partial charge < -0.3 is 0 Å². The van der Waals surface area contributed by atoms with Gasteiger partial charge in [0.1, 0.15) is 0 Å². The van der Waals surface area contributed by atoms with Crippen molar-refractivity contribution in [1.29, 1.82) is 0 Å². The second-order valence-electron chi connectivity index (χ2n) is 7.25. The predicted octanol–water partition coefficient (Wildman–Crippen LogP) is 4.91. The zero-order chi connectivity index (χ0) is 21.3. The Kier molecular flexibility index (Phi) is 5.64. The molecule has 0 fully saturated rings. The first-order valence-corrected chi connectivity index (χ1v) is 11.6. The van der Waals surface area contributed by atoms with Crippen LogP contribution in [0.15, 0.2) is 82.8 Å². The van der Waals surface area contributed by atoms with Crippen LogP contribution in [-0.2, 0) is 16.4 Å². The van der Waals surface area contributed by atoms with Crippen molar-refractivity contribution in [2.45, 2.75) is 30.7 Å². The third kappa shape index (κ3) is 4.26. The monoisotopic (exact) mass is 439 g/mol. The number of sulfonamides is 1. The normalized spacial score (nSPS) is 16.6. The Balaban J connectivity index is 1.73. The molecular formula is C23H22ClN3O2S. The molecule has 154 valence electrons. The summed E-state index contributed by atoms with van der Waals surface area (Å²) in [5.41, 5.74) is 5.19. The maximum absolute atomic E-state index is 11.6. The molecule has 5 nitrogen and oxygen atoms in total. The average molecular weight is 440 g/mol. The number of aryl methyl sites for hydroxylation is 1. The zero-order valence-electron chi connectivity index (χ0n) is 16.5. The lowest BCUT2D eigenvalue weighted by molar-refractivity contribution is 0.597. The summed E-state index contributed by atoms with van der Waals surface area (Å²) in [6.45, 7) is 2.13. The molecule has 1 atom stereocenters. The molecular weight excluding hydrogens is 418 g/mol. The van der Waals surface area contributed by atoms with Crippen molar-refractivity contribution in [2.24, 2.45) is 10.2 Å². The Hall–Kier alpha value is -2.67. The van der Waals surface area contributed by atoms with Crippen LogP contribution in [0, 0.1) is 0 Å². The van der Waals surface area contributed by atoms with Crippen LogP contribution >= 0.6 is 11.6 Å². The minimum absolute atomic E-state index is 0.00178. The van der Waals surface area contributed by atoms with Crippen LogP contribution in [0.25, 0.3) is 0 Å². The van der Waals surface area contributed by atoms with Crippen LogP contribution in [0.5, 0.6) is 0 Å². The van der Waals surface area contributed by atoms with Crippen molar-refractivity contribution in [3.63, 3.8) is 0 Å². The minimum atomic E-state index is -3.74. The fourth-order valence-corrected chi connectivity index (χ4v) is 4.23. The largest absolute Gasteiger partial charge is 0.257 e. The van der Waals surface area contributed by atoms with E-state index in [1.807, 2.05) is 29.3 Å². The number of primary sulfonamides is 1. The number of nitrogens with two attached hydrogens (primary N) is 1. The second-order valence-corrected chi connectivity index (χ2v) is 9.25. The topological polar surface area (TPSA) is 75.8 Å². The molecule has 0 saturated carbocycles. The van der Waals surface area contributed by atoms with Gasteiger partial charge in [0.25, 0.3) is 0 Å². The van der Waals surface area contributed by atoms with E-state index in [4.69, 9.17) is 21.8 Å². The van der Waals surface area contributed by atoms with Gasteiger partial charge in [0.2, 0.25) is 10.0 Å². The summed E-state index contributed by atoms with van der Waals surface area (Å²) in [5.74, 6) is 0. The van der Waals surface area contributed by atoms with Gasteiger partial charge in [-0.2, -0.15) is 5.10 Å². The predicted molar refractivity (Wildman–Crippen MR) is 121 cm³/mol. The molecule has 1 unspecified atom stereocenters. The van der Waals surface area contributed by atoms with Gasteiger partial charge >= 0.3 is 0 Å². The highest BCUT2D eigenvalue weighted by molar-refractivity contribution is 7.89. The maximum Gasteiger partial charge on any atom is 0.238 e. The molecule has 1 aliphatic rings. The fourth-order valence-electron chi connectivity index (χ4n) is 3.59. The first kappa shape index (κ1) is 20.6. The van der Waals surface area contributed by atoms with Crippen molar-refractivity contribution < 1.29 is 8.42 Å². The molecule has 0 spiro atoms. The zero-order valence-corrected chi connectivity index (χ0v) is 18.1. The number of benzene rings is 3. The van der Waals surface area contributed by atoms with E-state index < -0.39 is 10.0 Å². The van der Waals surface area contributed by atoms with Crippen molar-refractivity contribution >= 4 is 33.0 Å². The van der Waals surface area contributed by atoms with E-state index in [1.165, 1.54) is 17.7 Å². The lowest BCUT2D eigenvalue weighted by Gasteiger charge is -2.24. The van der Waals surface area contributed by atoms with Gasteiger partial charge in [0, 0.05) is 11.4 Å². The average Bonchev–Trinajstić information content (AvgIpc) is 3.19. The molecule has 0 amide bonds. The van der Waals surface area contributed by atoms with Crippen LogP contribution in [0.2, 0.25) is 5.02 Å². The fraction of sp³-hybridized carbons (Fsp3) is 0.174. The third-order valence-corrected chi connectivity index (χ3v) is 6.47. The highest BCUT2D eigenvalue weighted by atomic mass is 35.5. The van der Waals surface area contributed by atoms with Crippen LogP contribution in [-0.4, -0.2) is 14.1 Å². The number of nitrogens with zero attached hydrogens (tertiary/aromatic N) is 2. The van der Waals surface area contributed by atoms with Gasteiger partial charge in [0.15, 0.2) is 0 Å². The first-order valence-electron chi connectivity index (χ1n) is 9.69. The molecule has 1 heterocycles. The van der Waals surface area contributed by atoms with E-state index >= 15 is 0 Å². The van der Waals surface area contributed by atoms with Crippen molar-refractivity contribution in [3.8, 4) is 0 Å². The Morgan fingerprint density at radius 1 is 1.00 bits per heavy atom. The summed E-state index contributed by atoms with van der Waals surface area (Å²) in [6.07, 6.45) is 1.71. The van der Waals surface area contributed by atoms with E-state index in [-0.39, 0.29) is 10.9 Å². The smallest absolute Gasteiger partial charge is 0.238 e. The molecule has 0 radical (unpaired) electrons. The number of hydrazone groups is 1. The maximum atomic E-state index is 11.6. The Morgan fingerprint density at radius 2 is 1.63 bits per heavy atom. The van der Waals surface area contributed by atoms with Gasteiger partial charge in [0.05, 0.1) is 22.3 Å². The van der Waals surface area contributed by atoms with Crippen LogP contribution < -0.4 is 10.1 Å². The summed E-state index contributed by atoms with van der Waals surface area (Å²) in [4.78, 5) is 0.0798. The highest BCUT2D eigenvalue weighted by Gasteiger charge is 2.30. The number of anilines is 1. The Morgan fingerprint density at radius 3 is 2.20 bits per heavy atom. The molecule has 0 aromatic heterocycles. The van der Waals surface area contributed by atoms with E-state index in [2.05, 4.69) is 31.2 Å². The highest BCUT2D eigenvalue weighted by Crippen LogP contribution is 2.37. The van der Waals surface area contributed by atoms with Crippen molar-refractivity contribution in [3.05, 3.63) is 94.5 Å². The van der Waals surface area contributed by atoms with Crippen LogP contribution in [0.3, 0.4) is 0 Å². The molecule has 3 aromatic rings. The van der Waals surface area contributed by atoms with E-state index in [0.29, 0.717) is 5.02 Å². The van der Waals surface area contributed by atoms with Gasteiger partial charge in [-0.25, -0.2) is 13.6 Å². The molecule has 7 heteroatoms. The third-order valence-electron chi connectivity index (χ3n) is 5.29. The van der Waals surface area contributed by atoms with Crippen molar-refractivity contribution in [1.82, 2.24) is 0 Å². The SMILES string of the molecule is CCc1ccc(C2CC(c3ccc(Cl)cc3)=NN2c2ccc(S(N)(=O)=O)cc2)cc1. The molecule has 0 saturated heterocycles. The second kappa shape index (κ2) is 8.22. The lowest BCUT2D eigenvalue weighted by atomic mass is 9.97. The van der Waals surface area contributed by atoms with Gasteiger partial charge in [-0.3, -0.25) is 5.01 Å². The minimum Gasteiger partial charge on any atom is -0.257 e. The number of hydrogen-bond donors (Lipinski definition) is 1. The quantitative estimate of drug-likeness (QED) is 0.613. The first-order chi connectivity index (χ1) is 14.3. The van der Waals surface area contributed by atoms with Crippen LogP contribution in [0.4, 0.5) is 5.69 Å². The Bertz CT molecular complexity index is 1170. The molecule has 3 aromatic carbocycles. The number of hydrogen-bond acceptors (Lipinski definition) is 4. The summed E-state index contributed by atoms with van der Waals surface area (Å²) in [7, 11) is -3.74. The Labute approximate surface area is 181 Å². The number of halogens is 1. The molecule has 30 heavy (non-hydrogen) atoms. The summed E-state index contributed by atoms with van der Waals surface area (Å²) < 4.78 is 23.2. The summed E-state index contributed by atoms with van der Waals surface area (Å²) >= 11 is 6.04. The summed E-state index contributed by atoms with van der Waals surface area (Å²) in [5, 5.41) is 12.7. The molecule has 2 N–H and O–H groups in total. The van der Waals surface area contributed by atoms with E-state index in [0.717, 1.165) is 35.4 Å². The molecule has 1 aliphatic heterocycles. The van der Waals surface area contributed by atoms with Gasteiger partial charge in [-0.1, -0.05) is 54.9 Å². The van der Waals surface area contributed by atoms with E-state index in [9.17, 15) is 8.42 Å². The standard InChI is InChI=1S/C23H22ClN3O2S/c1-2-16-3-5-18(6-4-16)23-15-22(17-7-9-19(24)10-8-17)26-27(23)20-11-13-21(14-12-20)30(25,28)29/h3-14,23H,2,15H2,1H3,(H2,25,28,29). The molecule has 4 rings (SSSR count). The summed E-state index contributed by atoms with van der Waals surface area (Å²) in [6, 6.07) is 22.7. The van der Waals surface area contributed by atoms with Crippen LogP contribution in [0.1, 0.15) is 36.1 Å². The van der Waals surface area contributed by atoms with Gasteiger partial charge in [-0.15, -0.1) is 0 Å². The number of rotatable bonds is 5. The van der Waals surface area contributed by atoms with Gasteiger partial charge in [-0.05, 0) is 59.5 Å². The van der Waals surface area contributed by atoms with E-state index in [1.54, 1.807) is 12.1 Å². The lowest BCUT2D eigenvalue weighted by Crippen LogP contribution is -2.19. The molecule has 0 bridgehead atoms. The molecule has 0 aliphatic carbocycles. The van der Waals surface area contributed by atoms with Crippen molar-refractivity contribution in [2.75, 3.05) is 5.01 Å².